The summed E-state index contributed by atoms with van der Waals surface area (Å²) < 4.78 is 46.8. The fourth-order valence-electron chi connectivity index (χ4n) is 3.11. The zero-order valence-corrected chi connectivity index (χ0v) is 18.1. The number of aromatic nitrogens is 2. The quantitative estimate of drug-likeness (QED) is 0.498. The van der Waals surface area contributed by atoms with Crippen molar-refractivity contribution in [2.24, 2.45) is 5.92 Å². The van der Waals surface area contributed by atoms with Gasteiger partial charge in [0.2, 0.25) is 0 Å². The van der Waals surface area contributed by atoms with Crippen molar-refractivity contribution in [3.63, 3.8) is 0 Å². The van der Waals surface area contributed by atoms with E-state index >= 15 is 0 Å². The first-order valence-corrected chi connectivity index (χ1v) is 10.2. The Morgan fingerprint density at radius 2 is 2.03 bits per heavy atom. The average molecular weight is 422 g/mol. The van der Waals surface area contributed by atoms with E-state index < -0.39 is 11.7 Å². The highest BCUT2D eigenvalue weighted by Crippen LogP contribution is 2.41. The van der Waals surface area contributed by atoms with Crippen molar-refractivity contribution in [2.75, 3.05) is 20.2 Å². The number of nitrogens with zero attached hydrogens (tertiary/aromatic N) is 2. The third kappa shape index (κ3) is 6.27. The van der Waals surface area contributed by atoms with Gasteiger partial charge in [-0.1, -0.05) is 33.1 Å². The van der Waals surface area contributed by atoms with Crippen LogP contribution in [0.4, 0.5) is 13.2 Å². The molecule has 4 nitrogen and oxygen atoms in total. The molecule has 0 fully saturated rings. The summed E-state index contributed by atoms with van der Waals surface area (Å²) in [5.41, 5.74) is 1.11. The Hall–Kier alpha value is -2.46. The largest absolute Gasteiger partial charge is 0.493 e. The molecule has 0 bridgehead atoms. The molecule has 7 heteroatoms. The summed E-state index contributed by atoms with van der Waals surface area (Å²) in [7, 11) is 1.97. The highest BCUT2D eigenvalue weighted by Gasteiger charge is 2.36. The van der Waals surface area contributed by atoms with Crippen LogP contribution >= 0.6 is 0 Å². The minimum atomic E-state index is -4.56. The Kier molecular flexibility index (Phi) is 8.36. The van der Waals surface area contributed by atoms with E-state index in [-0.39, 0.29) is 12.4 Å². The number of aromatic amines is 1. The van der Waals surface area contributed by atoms with Crippen LogP contribution in [-0.2, 0) is 12.7 Å². The normalized spacial score (nSPS) is 11.9. The van der Waals surface area contributed by atoms with E-state index in [1.54, 1.807) is 6.20 Å². The molecule has 0 spiro atoms. The summed E-state index contributed by atoms with van der Waals surface area (Å²) in [4.78, 5) is 2.11. The number of alkyl halides is 3. The van der Waals surface area contributed by atoms with Gasteiger partial charge >= 0.3 is 6.18 Å². The fourth-order valence-corrected chi connectivity index (χ4v) is 3.11. The summed E-state index contributed by atoms with van der Waals surface area (Å²) in [5, 5.41) is 6.89. The van der Waals surface area contributed by atoms with Gasteiger partial charge in [-0.15, -0.1) is 6.42 Å². The predicted octanol–water partition coefficient (Wildman–Crippen LogP) is 5.73. The van der Waals surface area contributed by atoms with E-state index in [4.69, 9.17) is 11.2 Å². The Bertz CT molecular complexity index is 866. The van der Waals surface area contributed by atoms with Crippen molar-refractivity contribution in [2.45, 2.75) is 52.8 Å². The number of rotatable bonds is 10. The van der Waals surface area contributed by atoms with Crippen LogP contribution in [0.2, 0.25) is 0 Å². The van der Waals surface area contributed by atoms with Gasteiger partial charge in [0, 0.05) is 23.2 Å². The number of benzene rings is 1. The molecular formula is C23H30F3N3O. The second kappa shape index (κ2) is 10.5. The first-order chi connectivity index (χ1) is 14.2. The van der Waals surface area contributed by atoms with Gasteiger partial charge in [0.15, 0.2) is 0 Å². The SMILES string of the molecule is C#Cc1cc(OCCC(C)C)c(C(F)(F)F)cc1-c1[nH]ncc1CN(C)CCCC. The smallest absolute Gasteiger partial charge is 0.419 e. The molecule has 0 aliphatic carbocycles. The van der Waals surface area contributed by atoms with Crippen molar-refractivity contribution in [1.82, 2.24) is 15.1 Å². The maximum Gasteiger partial charge on any atom is 0.419 e. The molecule has 2 rings (SSSR count). The van der Waals surface area contributed by atoms with Crippen LogP contribution in [0.15, 0.2) is 18.3 Å². The lowest BCUT2D eigenvalue weighted by molar-refractivity contribution is -0.138. The number of unbranched alkanes of at least 4 members (excludes halogenated alkanes) is 1. The lowest BCUT2D eigenvalue weighted by Crippen LogP contribution is -2.19. The Morgan fingerprint density at radius 3 is 2.63 bits per heavy atom. The van der Waals surface area contributed by atoms with Crippen molar-refractivity contribution in [3.8, 4) is 29.4 Å². The van der Waals surface area contributed by atoms with Gasteiger partial charge in [0.05, 0.1) is 24.1 Å². The second-order valence-corrected chi connectivity index (χ2v) is 7.93. The standard InChI is InChI=1S/C23H30F3N3O/c1-6-8-10-29(5)15-18-14-27-28-22(18)19-13-20(23(24,25)26)21(12-17(19)7-2)30-11-9-16(3)4/h2,12-14,16H,6,8-11,15H2,1,3-5H3,(H,27,28). The highest BCUT2D eigenvalue weighted by molar-refractivity contribution is 5.73. The summed E-state index contributed by atoms with van der Waals surface area (Å²) in [5.74, 6) is 2.60. The molecule has 0 saturated heterocycles. The molecule has 0 aliphatic heterocycles. The monoisotopic (exact) mass is 421 g/mol. The molecule has 1 aromatic heterocycles. The lowest BCUT2D eigenvalue weighted by atomic mass is 9.98. The summed E-state index contributed by atoms with van der Waals surface area (Å²) >= 11 is 0. The van der Waals surface area contributed by atoms with E-state index in [1.165, 1.54) is 6.07 Å². The van der Waals surface area contributed by atoms with Crippen LogP contribution in [0, 0.1) is 18.3 Å². The minimum Gasteiger partial charge on any atom is -0.493 e. The molecule has 1 heterocycles. The molecule has 0 saturated carbocycles. The zero-order chi connectivity index (χ0) is 22.3. The highest BCUT2D eigenvalue weighted by atomic mass is 19.4. The summed E-state index contributed by atoms with van der Waals surface area (Å²) in [6.07, 6.45) is 5.48. The molecule has 1 N–H and O–H groups in total. The van der Waals surface area contributed by atoms with Crippen LogP contribution in [0.25, 0.3) is 11.3 Å². The van der Waals surface area contributed by atoms with Gasteiger partial charge in [-0.05, 0) is 44.5 Å². The van der Waals surface area contributed by atoms with Crippen molar-refractivity contribution >= 4 is 0 Å². The van der Waals surface area contributed by atoms with E-state index in [0.717, 1.165) is 31.0 Å². The molecule has 0 atom stereocenters. The Balaban J connectivity index is 2.44. The molecule has 0 unspecified atom stereocenters. The molecule has 0 radical (unpaired) electrons. The summed E-state index contributed by atoms with van der Waals surface area (Å²) in [6.45, 7) is 7.73. The van der Waals surface area contributed by atoms with Gasteiger partial charge in [0.1, 0.15) is 5.75 Å². The Morgan fingerprint density at radius 1 is 1.30 bits per heavy atom. The zero-order valence-electron chi connectivity index (χ0n) is 18.1. The maximum atomic E-state index is 13.8. The molecule has 164 valence electrons. The van der Waals surface area contributed by atoms with Crippen molar-refractivity contribution < 1.29 is 17.9 Å². The lowest BCUT2D eigenvalue weighted by Gasteiger charge is -2.19. The number of nitrogens with one attached hydrogen (secondary N) is 1. The summed E-state index contributed by atoms with van der Waals surface area (Å²) in [6, 6.07) is 2.38. The van der Waals surface area contributed by atoms with Crippen LogP contribution < -0.4 is 4.74 Å². The number of terminal acetylenes is 1. The fraction of sp³-hybridized carbons (Fsp3) is 0.522. The predicted molar refractivity (Wildman–Crippen MR) is 113 cm³/mol. The van der Waals surface area contributed by atoms with Gasteiger partial charge in [-0.3, -0.25) is 5.10 Å². The van der Waals surface area contributed by atoms with Crippen LogP contribution in [0.3, 0.4) is 0 Å². The van der Waals surface area contributed by atoms with E-state index in [0.29, 0.717) is 35.7 Å². The number of halogens is 3. The van der Waals surface area contributed by atoms with Gasteiger partial charge in [0.25, 0.3) is 0 Å². The van der Waals surface area contributed by atoms with Crippen LogP contribution in [0.5, 0.6) is 5.75 Å². The minimum absolute atomic E-state index is 0.196. The number of hydrogen-bond donors (Lipinski definition) is 1. The number of ether oxygens (including phenoxy) is 1. The van der Waals surface area contributed by atoms with E-state index in [9.17, 15) is 13.2 Å². The molecule has 2 aromatic rings. The van der Waals surface area contributed by atoms with Gasteiger partial charge in [-0.2, -0.15) is 18.3 Å². The molecule has 30 heavy (non-hydrogen) atoms. The molecular weight excluding hydrogens is 391 g/mol. The molecule has 0 amide bonds. The first-order valence-electron chi connectivity index (χ1n) is 10.2. The van der Waals surface area contributed by atoms with E-state index in [1.807, 2.05) is 20.9 Å². The molecule has 0 aliphatic rings. The van der Waals surface area contributed by atoms with E-state index in [2.05, 4.69) is 27.9 Å². The topological polar surface area (TPSA) is 41.1 Å². The number of H-pyrrole nitrogens is 1. The number of hydrogen-bond acceptors (Lipinski definition) is 3. The van der Waals surface area contributed by atoms with Crippen molar-refractivity contribution in [3.05, 3.63) is 35.0 Å². The van der Waals surface area contributed by atoms with Gasteiger partial charge < -0.3 is 9.64 Å². The van der Waals surface area contributed by atoms with Gasteiger partial charge in [-0.25, -0.2) is 0 Å². The third-order valence-corrected chi connectivity index (χ3v) is 4.85. The van der Waals surface area contributed by atoms with Crippen LogP contribution in [-0.4, -0.2) is 35.3 Å². The Labute approximate surface area is 176 Å². The third-order valence-electron chi connectivity index (χ3n) is 4.85. The van der Waals surface area contributed by atoms with Crippen LogP contribution in [0.1, 0.15) is 56.7 Å². The second-order valence-electron chi connectivity index (χ2n) is 7.93. The average Bonchev–Trinajstić information content (AvgIpc) is 3.12. The maximum absolute atomic E-state index is 13.8. The van der Waals surface area contributed by atoms with Crippen molar-refractivity contribution in [1.29, 1.82) is 0 Å². The first kappa shape index (κ1) is 23.8. The molecule has 1 aromatic carbocycles.